The van der Waals surface area contributed by atoms with Crippen LogP contribution < -0.4 is 10.8 Å². The molecule has 3 atom stereocenters. The summed E-state index contributed by atoms with van der Waals surface area (Å²) in [5.41, 5.74) is -0.587. The molecule has 3 heterocycles. The maximum Gasteiger partial charge on any atom is 0.494 e. The Balaban J connectivity index is 1.58. The number of aliphatic hydroxyl groups excluding tert-OH is 1. The van der Waals surface area contributed by atoms with Crippen LogP contribution in [0.25, 0.3) is 0 Å². The van der Waals surface area contributed by atoms with Gasteiger partial charge in [-0.15, -0.1) is 0 Å². The Kier molecular flexibility index (Phi) is 4.95. The highest BCUT2D eigenvalue weighted by atomic mass is 16.7. The Labute approximate surface area is 181 Å². The van der Waals surface area contributed by atoms with Crippen molar-refractivity contribution in [3.05, 3.63) is 29.8 Å². The molecule has 4 rings (SSSR count). The van der Waals surface area contributed by atoms with Gasteiger partial charge in [-0.3, -0.25) is 9.69 Å². The van der Waals surface area contributed by atoms with Crippen LogP contribution in [0, 0.1) is 0 Å². The fourth-order valence-electron chi connectivity index (χ4n) is 4.14. The molecule has 0 spiro atoms. The summed E-state index contributed by atoms with van der Waals surface area (Å²) >= 11 is 0. The minimum absolute atomic E-state index is 0.00557. The number of hydrogen-bond donors (Lipinski definition) is 3. The number of rotatable bonds is 3. The van der Waals surface area contributed by atoms with E-state index in [1.54, 1.807) is 6.92 Å². The number of nitrogens with zero attached hydrogens (tertiary/aromatic N) is 2. The van der Waals surface area contributed by atoms with Crippen molar-refractivity contribution in [1.29, 1.82) is 0 Å². The van der Waals surface area contributed by atoms with E-state index in [-0.39, 0.29) is 24.7 Å². The number of likely N-dealkylation sites (tertiary alicyclic amines) is 1. The van der Waals surface area contributed by atoms with Crippen LogP contribution in [-0.2, 0) is 19.6 Å². The molecule has 3 aliphatic rings. The lowest BCUT2D eigenvalue weighted by atomic mass is 9.77. The number of carbonyl (C=O) groups is 2. The molecule has 0 aliphatic carbocycles. The highest BCUT2D eigenvalue weighted by Gasteiger charge is 2.52. The Morgan fingerprint density at radius 2 is 1.74 bits per heavy atom. The van der Waals surface area contributed by atoms with Gasteiger partial charge in [-0.05, 0) is 45.6 Å². The number of amides is 2. The molecular formula is C21H28BN3O6. The van der Waals surface area contributed by atoms with Gasteiger partial charge < -0.3 is 24.8 Å². The largest absolute Gasteiger partial charge is 0.494 e. The van der Waals surface area contributed by atoms with Gasteiger partial charge in [0.2, 0.25) is 0 Å². The van der Waals surface area contributed by atoms with Gasteiger partial charge in [-0.2, -0.15) is 0 Å². The van der Waals surface area contributed by atoms with Gasteiger partial charge >= 0.3 is 13.2 Å². The summed E-state index contributed by atoms with van der Waals surface area (Å²) in [6.07, 6.45) is -1.74. The molecule has 0 radical (unpaired) electrons. The van der Waals surface area contributed by atoms with Crippen molar-refractivity contribution in [3.63, 3.8) is 0 Å². The Morgan fingerprint density at radius 1 is 1.16 bits per heavy atom. The number of β-amino-alcohol motifs (C(OH)–C–C–N with tert-alkyl or cyclic N) is 1. The van der Waals surface area contributed by atoms with E-state index in [2.05, 4.69) is 10.3 Å². The number of carboxylic acid groups (broad SMARTS) is 1. The summed E-state index contributed by atoms with van der Waals surface area (Å²) in [7, 11) is -0.507. The monoisotopic (exact) mass is 429 g/mol. The first-order valence-electron chi connectivity index (χ1n) is 10.4. The first kappa shape index (κ1) is 21.8. The second-order valence-electron chi connectivity index (χ2n) is 9.57. The van der Waals surface area contributed by atoms with Crippen LogP contribution in [-0.4, -0.2) is 70.0 Å². The summed E-state index contributed by atoms with van der Waals surface area (Å²) in [6, 6.07) is 6.65. The Hall–Kier alpha value is -2.43. The minimum Gasteiger partial charge on any atom is -0.465 e. The molecule has 2 unspecified atom stereocenters. The Bertz CT molecular complexity index is 931. The standard InChI is InChI=1S/C21H28BN3O6/c1-19(2)20(3,4)31-22(30-19)13-8-6-12(7-9-13)21(5)17(27)23-16(24-21)15-10-14(26)11-25(15)18(28)29/h6-9,14-15,26H,10-11H2,1-5H3,(H,28,29)(H,23,24,27)/t14-,15?,21?/m1/s1. The minimum atomic E-state index is -1.19. The molecule has 0 saturated carbocycles. The summed E-state index contributed by atoms with van der Waals surface area (Å²) in [4.78, 5) is 30.0. The average Bonchev–Trinajstić information content (AvgIpc) is 3.28. The average molecular weight is 429 g/mol. The third-order valence-electron chi connectivity index (χ3n) is 6.87. The summed E-state index contributed by atoms with van der Waals surface area (Å²) in [6.45, 7) is 9.64. The predicted molar refractivity (Wildman–Crippen MR) is 114 cm³/mol. The topological polar surface area (TPSA) is 121 Å². The molecular weight excluding hydrogens is 401 g/mol. The molecule has 2 fully saturated rings. The van der Waals surface area contributed by atoms with Crippen LogP contribution >= 0.6 is 0 Å². The van der Waals surface area contributed by atoms with Gasteiger partial charge in [0.25, 0.3) is 5.91 Å². The van der Waals surface area contributed by atoms with Crippen molar-refractivity contribution < 1.29 is 29.1 Å². The van der Waals surface area contributed by atoms with Crippen molar-refractivity contribution in [3.8, 4) is 0 Å². The van der Waals surface area contributed by atoms with Crippen LogP contribution in [0.1, 0.15) is 46.6 Å². The molecule has 0 aromatic heterocycles. The van der Waals surface area contributed by atoms with Gasteiger partial charge in [0, 0.05) is 6.42 Å². The van der Waals surface area contributed by atoms with Crippen molar-refractivity contribution in [2.45, 2.75) is 69.9 Å². The highest BCUT2D eigenvalue weighted by molar-refractivity contribution is 6.62. The first-order valence-corrected chi connectivity index (χ1v) is 10.4. The van der Waals surface area contributed by atoms with Crippen LogP contribution in [0.15, 0.2) is 29.3 Å². The van der Waals surface area contributed by atoms with E-state index in [4.69, 9.17) is 9.31 Å². The van der Waals surface area contributed by atoms with Gasteiger partial charge in [0.05, 0.1) is 29.9 Å². The van der Waals surface area contributed by atoms with Gasteiger partial charge in [0.1, 0.15) is 5.84 Å². The Morgan fingerprint density at radius 3 is 2.29 bits per heavy atom. The third kappa shape index (κ3) is 3.52. The van der Waals surface area contributed by atoms with E-state index in [0.717, 1.165) is 10.4 Å². The number of amidine groups is 1. The second kappa shape index (κ2) is 7.05. The number of carbonyl (C=O) groups excluding carboxylic acids is 1. The predicted octanol–water partition coefficient (Wildman–Crippen LogP) is 0.843. The smallest absolute Gasteiger partial charge is 0.465 e. The van der Waals surface area contributed by atoms with E-state index in [1.165, 1.54) is 0 Å². The van der Waals surface area contributed by atoms with Gasteiger partial charge in [0.15, 0.2) is 5.54 Å². The van der Waals surface area contributed by atoms with Crippen LogP contribution in [0.2, 0.25) is 0 Å². The summed E-state index contributed by atoms with van der Waals surface area (Å²) in [5.74, 6) is -0.0703. The number of benzene rings is 1. The van der Waals surface area contributed by atoms with E-state index in [1.807, 2.05) is 52.0 Å². The molecule has 10 heteroatoms. The van der Waals surface area contributed by atoms with E-state index in [9.17, 15) is 19.8 Å². The van der Waals surface area contributed by atoms with Crippen molar-refractivity contribution in [2.75, 3.05) is 6.54 Å². The number of aliphatic imine (C=N–C) groups is 1. The van der Waals surface area contributed by atoms with Crippen molar-refractivity contribution in [1.82, 2.24) is 10.2 Å². The molecule has 1 aromatic carbocycles. The van der Waals surface area contributed by atoms with Crippen LogP contribution in [0.3, 0.4) is 0 Å². The van der Waals surface area contributed by atoms with E-state index in [0.29, 0.717) is 5.56 Å². The normalized spacial score (nSPS) is 31.7. The molecule has 1 aromatic rings. The third-order valence-corrected chi connectivity index (χ3v) is 6.87. The number of nitrogens with one attached hydrogen (secondary N) is 1. The molecule has 31 heavy (non-hydrogen) atoms. The lowest BCUT2D eigenvalue weighted by Gasteiger charge is -2.32. The molecule has 3 N–H and O–H groups in total. The van der Waals surface area contributed by atoms with Gasteiger partial charge in [-0.1, -0.05) is 24.3 Å². The quantitative estimate of drug-likeness (QED) is 0.613. The van der Waals surface area contributed by atoms with E-state index >= 15 is 0 Å². The molecule has 3 aliphatic heterocycles. The zero-order valence-electron chi connectivity index (χ0n) is 18.4. The second-order valence-corrected chi connectivity index (χ2v) is 9.57. The van der Waals surface area contributed by atoms with Crippen LogP contribution in [0.4, 0.5) is 4.79 Å². The zero-order valence-corrected chi connectivity index (χ0v) is 18.4. The lowest BCUT2D eigenvalue weighted by molar-refractivity contribution is -0.123. The number of hydrogen-bond acceptors (Lipinski definition) is 6. The fraction of sp³-hybridized carbons (Fsp3) is 0.571. The van der Waals surface area contributed by atoms with Crippen molar-refractivity contribution >= 4 is 30.4 Å². The summed E-state index contributed by atoms with van der Waals surface area (Å²) in [5, 5.41) is 22.0. The van der Waals surface area contributed by atoms with E-state index < -0.39 is 42.1 Å². The molecule has 2 amide bonds. The molecule has 166 valence electrons. The SMILES string of the molecule is CC1(c2ccc(B3OC(C)(C)C(C)(C)O3)cc2)N=C(C2C[C@@H](O)CN2C(=O)O)NC1=O. The highest BCUT2D eigenvalue weighted by Crippen LogP contribution is 2.37. The fourth-order valence-corrected chi connectivity index (χ4v) is 4.14. The van der Waals surface area contributed by atoms with Crippen LogP contribution in [0.5, 0.6) is 0 Å². The first-order chi connectivity index (χ1) is 14.3. The zero-order chi connectivity index (χ0) is 22.8. The maximum atomic E-state index is 12.8. The number of aliphatic hydroxyl groups is 1. The lowest BCUT2D eigenvalue weighted by Crippen LogP contribution is -2.45. The van der Waals surface area contributed by atoms with Gasteiger partial charge in [-0.25, -0.2) is 9.79 Å². The molecule has 9 nitrogen and oxygen atoms in total. The molecule has 2 saturated heterocycles. The maximum absolute atomic E-state index is 12.8. The summed E-state index contributed by atoms with van der Waals surface area (Å²) < 4.78 is 12.2. The van der Waals surface area contributed by atoms with Crippen molar-refractivity contribution in [2.24, 2.45) is 4.99 Å². The molecule has 0 bridgehead atoms.